The van der Waals surface area contributed by atoms with Crippen molar-refractivity contribution in [1.29, 1.82) is 0 Å². The Balaban J connectivity index is 0.00000195. The number of carbonyl (C=O) groups excluding carboxylic acids is 1. The van der Waals surface area contributed by atoms with Gasteiger partial charge in [-0.3, -0.25) is 9.69 Å². The molecule has 17 heteroatoms. The van der Waals surface area contributed by atoms with Gasteiger partial charge in [0.2, 0.25) is 5.95 Å². The van der Waals surface area contributed by atoms with Crippen molar-refractivity contribution in [1.82, 2.24) is 19.8 Å². The van der Waals surface area contributed by atoms with E-state index in [1.165, 1.54) is 35.7 Å². The quantitative estimate of drug-likeness (QED) is 0.280. The van der Waals surface area contributed by atoms with Crippen molar-refractivity contribution in [3.05, 3.63) is 71.0 Å². The predicted octanol–water partition coefficient (Wildman–Crippen LogP) is 7.15. The molecule has 1 N–H and O–H groups in total. The Morgan fingerprint density at radius 2 is 1.58 bits per heavy atom. The van der Waals surface area contributed by atoms with Crippen LogP contribution in [0.25, 0.3) is 0 Å². The number of carboxylic acids is 1. The van der Waals surface area contributed by atoms with E-state index in [4.69, 9.17) is 9.47 Å². The third-order valence-corrected chi connectivity index (χ3v) is 8.90. The Morgan fingerprint density at radius 1 is 0.962 bits per heavy atom. The molecule has 2 fully saturated rings. The van der Waals surface area contributed by atoms with Gasteiger partial charge in [-0.2, -0.15) is 26.3 Å². The number of benzene rings is 1. The minimum atomic E-state index is -5.05. The predicted molar refractivity (Wildman–Crippen MR) is 180 cm³/mol. The summed E-state index contributed by atoms with van der Waals surface area (Å²) in [5, 5.41) is 9.52. The number of piperidine rings is 2. The van der Waals surface area contributed by atoms with Crippen LogP contribution in [0.15, 0.2) is 54.3 Å². The van der Waals surface area contributed by atoms with E-state index in [1.807, 2.05) is 4.90 Å². The molecule has 0 radical (unpaired) electrons. The molecule has 3 aliphatic rings. The minimum Gasteiger partial charge on any atom is -0.482 e. The van der Waals surface area contributed by atoms with E-state index in [-0.39, 0.29) is 43.7 Å². The molecule has 2 aromatic rings. The van der Waals surface area contributed by atoms with Gasteiger partial charge in [-0.05, 0) is 62.1 Å². The molecule has 0 saturated carbocycles. The second-order valence-electron chi connectivity index (χ2n) is 12.7. The zero-order valence-corrected chi connectivity index (χ0v) is 29.7. The maximum Gasteiger partial charge on any atom is 0.416 e. The molecule has 2 unspecified atom stereocenters. The highest BCUT2D eigenvalue weighted by Gasteiger charge is 2.45. The van der Waals surface area contributed by atoms with Gasteiger partial charge in [0.25, 0.3) is 0 Å². The molecule has 1 aromatic carbocycles. The van der Waals surface area contributed by atoms with Crippen LogP contribution in [0.5, 0.6) is 0 Å². The van der Waals surface area contributed by atoms with Gasteiger partial charge in [-0.15, -0.1) is 0 Å². The number of hydrogen-bond donors (Lipinski definition) is 1. The number of ether oxygens (including phenoxy) is 2. The first-order valence-electron chi connectivity index (χ1n) is 17.0. The van der Waals surface area contributed by atoms with Gasteiger partial charge in [0.1, 0.15) is 0 Å². The zero-order chi connectivity index (χ0) is 38.4. The fourth-order valence-corrected chi connectivity index (χ4v) is 6.58. The van der Waals surface area contributed by atoms with Crippen molar-refractivity contribution in [3.63, 3.8) is 0 Å². The Hall–Kier alpha value is -4.70. The number of amides is 1. The number of fused-ring (bicyclic) bond motifs is 1. The third kappa shape index (κ3) is 9.20. The molecule has 2 saturated heterocycles. The molecule has 0 bridgehead atoms. The van der Waals surface area contributed by atoms with Crippen LogP contribution in [0.3, 0.4) is 0 Å². The highest BCUT2D eigenvalue weighted by atomic mass is 19.4. The van der Waals surface area contributed by atoms with Crippen LogP contribution >= 0.6 is 0 Å². The topological polar surface area (TPSA) is 112 Å². The molecule has 1 aromatic heterocycles. The Bertz CT molecular complexity index is 1580. The highest BCUT2D eigenvalue weighted by Crippen LogP contribution is 2.39. The zero-order valence-electron chi connectivity index (χ0n) is 29.7. The number of carbonyl (C=O) groups is 2. The molecule has 5 rings (SSSR count). The van der Waals surface area contributed by atoms with E-state index in [2.05, 4.69) is 23.8 Å². The smallest absolute Gasteiger partial charge is 0.416 e. The Morgan fingerprint density at radius 3 is 2.12 bits per heavy atom. The largest absolute Gasteiger partial charge is 0.482 e. The van der Waals surface area contributed by atoms with Crippen LogP contribution in [-0.2, 0) is 33.2 Å². The molecule has 286 valence electrons. The van der Waals surface area contributed by atoms with Crippen molar-refractivity contribution in [3.8, 4) is 0 Å². The number of alkyl halides is 6. The number of carboxylic acid groups (broad SMARTS) is 1. The molecule has 1 amide bonds. The first-order valence-corrected chi connectivity index (χ1v) is 17.0. The van der Waals surface area contributed by atoms with Gasteiger partial charge in [0.15, 0.2) is 5.88 Å². The number of likely N-dealkylation sites (N-methyl/N-ethyl adjacent to an activating group) is 1. The average molecular weight is 743 g/mol. The molecule has 3 aliphatic heterocycles. The van der Waals surface area contributed by atoms with Crippen molar-refractivity contribution in [2.75, 3.05) is 50.2 Å². The molecule has 0 spiro atoms. The van der Waals surface area contributed by atoms with Crippen LogP contribution < -0.4 is 9.80 Å². The van der Waals surface area contributed by atoms with Gasteiger partial charge in [-0.25, -0.2) is 14.8 Å². The number of rotatable bonds is 8. The summed E-state index contributed by atoms with van der Waals surface area (Å²) in [5.74, 6) is -1.10. The van der Waals surface area contributed by atoms with Crippen LogP contribution in [0, 0.1) is 5.92 Å². The van der Waals surface area contributed by atoms with Crippen molar-refractivity contribution < 1.29 is 50.5 Å². The number of likely N-dealkylation sites (tertiary alicyclic amines) is 1. The van der Waals surface area contributed by atoms with Crippen molar-refractivity contribution >= 4 is 23.7 Å². The fraction of sp³-hybridized carbons (Fsp3) is 0.543. The lowest BCUT2D eigenvalue weighted by atomic mass is 9.90. The van der Waals surface area contributed by atoms with Crippen molar-refractivity contribution in [2.24, 2.45) is 5.92 Å². The fourth-order valence-electron chi connectivity index (χ4n) is 6.58. The minimum absolute atomic E-state index is 0.0115. The summed E-state index contributed by atoms with van der Waals surface area (Å²) in [7, 11) is 3.14. The monoisotopic (exact) mass is 742 g/mol. The highest BCUT2D eigenvalue weighted by molar-refractivity contribution is 5.72. The summed E-state index contributed by atoms with van der Waals surface area (Å²) in [6.45, 7) is 6.46. The van der Waals surface area contributed by atoms with E-state index in [0.29, 0.717) is 48.8 Å². The van der Waals surface area contributed by atoms with Crippen LogP contribution in [0.1, 0.15) is 63.1 Å². The summed E-state index contributed by atoms with van der Waals surface area (Å²) in [4.78, 5) is 40.1. The normalized spacial score (nSPS) is 20.5. The molecule has 3 atom stereocenters. The van der Waals surface area contributed by atoms with Crippen LogP contribution in [0.2, 0.25) is 0 Å². The second-order valence-corrected chi connectivity index (χ2v) is 12.7. The summed E-state index contributed by atoms with van der Waals surface area (Å²) < 4.78 is 93.9. The second kappa shape index (κ2) is 16.8. The summed E-state index contributed by atoms with van der Waals surface area (Å²) >= 11 is 0. The van der Waals surface area contributed by atoms with E-state index in [1.54, 1.807) is 31.0 Å². The number of halogens is 6. The summed E-state index contributed by atoms with van der Waals surface area (Å²) in [6, 6.07) is 0.0260. The number of methoxy groups -OCH3 is 1. The van der Waals surface area contributed by atoms with Gasteiger partial charge >= 0.3 is 24.4 Å². The maximum absolute atomic E-state index is 13.9. The first-order chi connectivity index (χ1) is 24.5. The van der Waals surface area contributed by atoms with Crippen LogP contribution in [-0.4, -0.2) is 89.4 Å². The molecular formula is C35H44F6N6O5. The van der Waals surface area contributed by atoms with Crippen molar-refractivity contribution in [2.45, 2.75) is 77.4 Å². The molecule has 0 aliphatic carbocycles. The summed E-state index contributed by atoms with van der Waals surface area (Å²) in [5.41, 5.74) is -2.19. The van der Waals surface area contributed by atoms with Gasteiger partial charge in [-0.1, -0.05) is 20.3 Å². The number of allylic oxidation sites excluding steroid dienone is 2. The van der Waals surface area contributed by atoms with Gasteiger partial charge in [0, 0.05) is 38.9 Å². The summed E-state index contributed by atoms with van der Waals surface area (Å²) in [6.07, 6.45) is -1.90. The maximum atomic E-state index is 13.9. The Labute approximate surface area is 298 Å². The number of nitrogens with zero attached hydrogens (tertiary/aromatic N) is 6. The van der Waals surface area contributed by atoms with Gasteiger partial charge in [0.05, 0.1) is 60.9 Å². The standard InChI is InChI=1S/C32H36F6N6O5.C3H8/c1-4-49-30(47)43-11-9-25(27-24(43)7-8-26(48-3)41(27)2)44(17-19-12-21(31(33,34)35)14-22(13-19)32(36,37)38)29-39-15-23(16-40-29)42-10-5-6-20(18-42)28(45)46;1-3-2/h7-8,12-16,20,25,27H,4-6,9-11,17-18H2,1-3H3,(H,45,46);3H2,1-2H3/t20?,25-,27?;/m0./s1. The number of hydrogen-bond acceptors (Lipinski definition) is 9. The third-order valence-electron chi connectivity index (χ3n) is 8.90. The molecule has 11 nitrogen and oxygen atoms in total. The SMILES string of the molecule is CCC.CCOC(=O)N1CC[C@H](N(Cc2cc(C(F)(F)F)cc(C(F)(F)F)c2)c2ncc(N3CCCC(C(=O)O)C3)cn2)C2C1=CC=C(OC)N2C. The lowest BCUT2D eigenvalue weighted by Crippen LogP contribution is -2.60. The molecule has 52 heavy (non-hydrogen) atoms. The lowest BCUT2D eigenvalue weighted by Gasteiger charge is -2.49. The molecular weight excluding hydrogens is 698 g/mol. The Kier molecular flexibility index (Phi) is 12.9. The van der Waals surface area contributed by atoms with E-state index in [9.17, 15) is 41.0 Å². The van der Waals surface area contributed by atoms with Gasteiger partial charge < -0.3 is 29.3 Å². The lowest BCUT2D eigenvalue weighted by molar-refractivity contribution is -0.143. The van der Waals surface area contributed by atoms with E-state index in [0.717, 1.165) is 0 Å². The average Bonchev–Trinajstić information content (AvgIpc) is 3.10. The van der Waals surface area contributed by atoms with E-state index < -0.39 is 60.1 Å². The van der Waals surface area contributed by atoms with Crippen LogP contribution in [0.4, 0.5) is 42.8 Å². The first kappa shape index (κ1) is 40.1. The number of aliphatic carboxylic acids is 1. The molecule has 4 heterocycles. The van der Waals surface area contributed by atoms with E-state index >= 15 is 0 Å². The number of aromatic nitrogens is 2. The number of anilines is 2.